The second-order valence-corrected chi connectivity index (χ2v) is 8.87. The second kappa shape index (κ2) is 5.79. The number of aryl methyl sites for hydroxylation is 1. The first-order valence-electron chi connectivity index (χ1n) is 6.59. The lowest BCUT2D eigenvalue weighted by Gasteiger charge is -2.16. The molecular weight excluding hydrogens is 360 g/mol. The van der Waals surface area contributed by atoms with Crippen molar-refractivity contribution in [2.75, 3.05) is 7.05 Å². The standard InChI is InChI=1S/C14H13ClN2O4S2/c1-16(8-9-3-6-13(15)22-9)23(19,20)10-4-5-11-12(7-10)21-14(18)17(11)2/h3-7H,8H2,1-2H3. The lowest BCUT2D eigenvalue weighted by Crippen LogP contribution is -2.26. The van der Waals surface area contributed by atoms with Gasteiger partial charge in [0.25, 0.3) is 0 Å². The summed E-state index contributed by atoms with van der Waals surface area (Å²) in [6, 6.07) is 7.91. The van der Waals surface area contributed by atoms with Crippen molar-refractivity contribution in [3.8, 4) is 0 Å². The third-order valence-corrected chi connectivity index (χ3v) is 6.49. The van der Waals surface area contributed by atoms with Crippen LogP contribution < -0.4 is 5.76 Å². The maximum atomic E-state index is 12.6. The molecule has 23 heavy (non-hydrogen) atoms. The maximum Gasteiger partial charge on any atom is 0.419 e. The Morgan fingerprint density at radius 1 is 1.30 bits per heavy atom. The molecule has 0 saturated carbocycles. The molecule has 9 heteroatoms. The normalized spacial score (nSPS) is 12.3. The van der Waals surface area contributed by atoms with Crippen LogP contribution in [0.2, 0.25) is 4.34 Å². The van der Waals surface area contributed by atoms with Gasteiger partial charge in [-0.3, -0.25) is 4.57 Å². The summed E-state index contributed by atoms with van der Waals surface area (Å²) in [6.07, 6.45) is 0. The lowest BCUT2D eigenvalue weighted by atomic mass is 10.3. The molecule has 0 fully saturated rings. The van der Waals surface area contributed by atoms with Gasteiger partial charge in [0, 0.05) is 31.6 Å². The number of aromatic nitrogens is 1. The van der Waals surface area contributed by atoms with E-state index in [0.717, 1.165) is 4.88 Å². The molecule has 0 aliphatic carbocycles. The summed E-state index contributed by atoms with van der Waals surface area (Å²) in [7, 11) is -0.639. The number of rotatable bonds is 4. The Bertz CT molecular complexity index is 1030. The average molecular weight is 373 g/mol. The van der Waals surface area contributed by atoms with Crippen LogP contribution in [0.25, 0.3) is 11.1 Å². The maximum absolute atomic E-state index is 12.6. The van der Waals surface area contributed by atoms with E-state index in [1.165, 1.54) is 39.4 Å². The molecule has 0 bridgehead atoms. The van der Waals surface area contributed by atoms with Gasteiger partial charge in [0.1, 0.15) is 0 Å². The Balaban J connectivity index is 1.96. The van der Waals surface area contributed by atoms with Crippen LogP contribution in [0, 0.1) is 0 Å². The number of nitrogens with zero attached hydrogens (tertiary/aromatic N) is 2. The summed E-state index contributed by atoms with van der Waals surface area (Å²) in [5.74, 6) is -0.531. The highest BCUT2D eigenvalue weighted by molar-refractivity contribution is 7.89. The average Bonchev–Trinajstić information content (AvgIpc) is 3.02. The van der Waals surface area contributed by atoms with E-state index >= 15 is 0 Å². The fourth-order valence-corrected chi connectivity index (χ4v) is 4.58. The van der Waals surface area contributed by atoms with Crippen molar-refractivity contribution in [1.82, 2.24) is 8.87 Å². The summed E-state index contributed by atoms with van der Waals surface area (Å²) < 4.78 is 33.5. The van der Waals surface area contributed by atoms with E-state index in [-0.39, 0.29) is 17.0 Å². The van der Waals surface area contributed by atoms with E-state index in [0.29, 0.717) is 9.85 Å². The van der Waals surface area contributed by atoms with E-state index < -0.39 is 15.8 Å². The van der Waals surface area contributed by atoms with Gasteiger partial charge in [-0.2, -0.15) is 4.31 Å². The minimum Gasteiger partial charge on any atom is -0.408 e. The van der Waals surface area contributed by atoms with Gasteiger partial charge in [-0.1, -0.05) is 11.6 Å². The Labute approximate surface area is 141 Å². The van der Waals surface area contributed by atoms with Crippen molar-refractivity contribution in [2.45, 2.75) is 11.4 Å². The van der Waals surface area contributed by atoms with Crippen molar-refractivity contribution < 1.29 is 12.8 Å². The minimum absolute atomic E-state index is 0.0736. The molecule has 1 aromatic carbocycles. The quantitative estimate of drug-likeness (QED) is 0.705. The summed E-state index contributed by atoms with van der Waals surface area (Å²) in [5, 5.41) is 0. The predicted molar refractivity (Wildman–Crippen MR) is 89.4 cm³/mol. The molecule has 0 amide bonds. The SMILES string of the molecule is CN(Cc1ccc(Cl)s1)S(=O)(=O)c1ccc2c(c1)oc(=O)n2C. The van der Waals surface area contributed by atoms with E-state index in [4.69, 9.17) is 16.0 Å². The fourth-order valence-electron chi connectivity index (χ4n) is 2.20. The van der Waals surface area contributed by atoms with Crippen molar-refractivity contribution in [2.24, 2.45) is 7.05 Å². The van der Waals surface area contributed by atoms with Crippen LogP contribution in [-0.2, 0) is 23.6 Å². The largest absolute Gasteiger partial charge is 0.419 e. The molecule has 0 N–H and O–H groups in total. The number of hydrogen-bond acceptors (Lipinski definition) is 5. The first-order valence-corrected chi connectivity index (χ1v) is 9.22. The third-order valence-electron chi connectivity index (χ3n) is 3.48. The zero-order valence-electron chi connectivity index (χ0n) is 12.3. The van der Waals surface area contributed by atoms with Gasteiger partial charge >= 0.3 is 5.76 Å². The van der Waals surface area contributed by atoms with E-state index in [1.54, 1.807) is 25.2 Å². The first kappa shape index (κ1) is 16.3. The van der Waals surface area contributed by atoms with Gasteiger partial charge in [0.2, 0.25) is 10.0 Å². The van der Waals surface area contributed by atoms with E-state index in [1.807, 2.05) is 0 Å². The Morgan fingerprint density at radius 2 is 2.04 bits per heavy atom. The van der Waals surface area contributed by atoms with Gasteiger partial charge in [-0.05, 0) is 24.3 Å². The predicted octanol–water partition coefficient (Wildman–Crippen LogP) is 2.67. The topological polar surface area (TPSA) is 72.5 Å². The van der Waals surface area contributed by atoms with Gasteiger partial charge in [-0.15, -0.1) is 11.3 Å². The molecule has 3 aromatic rings. The number of oxazole rings is 1. The van der Waals surface area contributed by atoms with Crippen LogP contribution in [0.4, 0.5) is 0 Å². The molecule has 0 radical (unpaired) electrons. The van der Waals surface area contributed by atoms with Crippen molar-refractivity contribution in [3.63, 3.8) is 0 Å². The summed E-state index contributed by atoms with van der Waals surface area (Å²) >= 11 is 7.20. The highest BCUT2D eigenvalue weighted by atomic mass is 35.5. The van der Waals surface area contributed by atoms with Crippen LogP contribution >= 0.6 is 22.9 Å². The van der Waals surface area contributed by atoms with Crippen LogP contribution in [0.1, 0.15) is 4.88 Å². The Morgan fingerprint density at radius 3 is 2.70 bits per heavy atom. The fraction of sp³-hybridized carbons (Fsp3) is 0.214. The highest BCUT2D eigenvalue weighted by Gasteiger charge is 2.23. The van der Waals surface area contributed by atoms with Crippen LogP contribution in [-0.4, -0.2) is 24.3 Å². The van der Waals surface area contributed by atoms with Gasteiger partial charge in [-0.25, -0.2) is 13.2 Å². The smallest absolute Gasteiger partial charge is 0.408 e. The molecule has 0 spiro atoms. The minimum atomic E-state index is -3.70. The van der Waals surface area contributed by atoms with E-state index in [9.17, 15) is 13.2 Å². The van der Waals surface area contributed by atoms with Gasteiger partial charge < -0.3 is 4.42 Å². The molecule has 6 nitrogen and oxygen atoms in total. The number of thiophene rings is 1. The summed E-state index contributed by atoms with van der Waals surface area (Å²) in [6.45, 7) is 0.219. The molecule has 3 rings (SSSR count). The van der Waals surface area contributed by atoms with Crippen molar-refractivity contribution in [1.29, 1.82) is 0 Å². The number of sulfonamides is 1. The Kier molecular flexibility index (Phi) is 4.09. The molecule has 0 atom stereocenters. The van der Waals surface area contributed by atoms with Gasteiger partial charge in [0.15, 0.2) is 5.58 Å². The zero-order chi connectivity index (χ0) is 16.8. The highest BCUT2D eigenvalue weighted by Crippen LogP contribution is 2.25. The lowest BCUT2D eigenvalue weighted by molar-refractivity contribution is 0.469. The molecule has 0 unspecified atom stereocenters. The molecule has 122 valence electrons. The number of hydrogen-bond donors (Lipinski definition) is 0. The number of fused-ring (bicyclic) bond motifs is 1. The molecular formula is C14H13ClN2O4S2. The van der Waals surface area contributed by atoms with E-state index in [2.05, 4.69) is 0 Å². The van der Waals surface area contributed by atoms with Crippen molar-refractivity contribution >= 4 is 44.1 Å². The zero-order valence-corrected chi connectivity index (χ0v) is 14.7. The third kappa shape index (κ3) is 2.94. The summed E-state index contributed by atoms with van der Waals surface area (Å²) in [4.78, 5) is 12.4. The number of halogens is 1. The van der Waals surface area contributed by atoms with Crippen LogP contribution in [0.5, 0.6) is 0 Å². The molecule has 0 saturated heterocycles. The monoisotopic (exact) mass is 372 g/mol. The second-order valence-electron chi connectivity index (χ2n) is 5.02. The first-order chi connectivity index (χ1) is 10.8. The van der Waals surface area contributed by atoms with Crippen LogP contribution in [0.15, 0.2) is 44.4 Å². The molecule has 0 aliphatic rings. The Hall–Kier alpha value is -1.61. The van der Waals surface area contributed by atoms with Gasteiger partial charge in [0.05, 0.1) is 14.7 Å². The number of benzene rings is 1. The molecule has 0 aliphatic heterocycles. The summed E-state index contributed by atoms with van der Waals surface area (Å²) in [5.41, 5.74) is 0.785. The molecule has 2 aromatic heterocycles. The van der Waals surface area contributed by atoms with Crippen LogP contribution in [0.3, 0.4) is 0 Å². The van der Waals surface area contributed by atoms with Crippen molar-refractivity contribution in [3.05, 3.63) is 50.1 Å². The molecule has 2 heterocycles.